The van der Waals surface area contributed by atoms with Crippen molar-refractivity contribution in [3.63, 3.8) is 0 Å². The van der Waals surface area contributed by atoms with Gasteiger partial charge in [0.2, 0.25) is 10.0 Å². The van der Waals surface area contributed by atoms with Crippen molar-refractivity contribution in [2.75, 3.05) is 0 Å². The molecule has 2 heterocycles. The molecule has 2 N–H and O–H groups in total. The first-order valence-electron chi connectivity index (χ1n) is 9.93. The Kier molecular flexibility index (Phi) is 6.11. The maximum absolute atomic E-state index is 12.4. The van der Waals surface area contributed by atoms with Gasteiger partial charge in [-0.05, 0) is 66.6 Å². The summed E-state index contributed by atoms with van der Waals surface area (Å²) in [7, 11) is -3.86. The normalized spacial score (nSPS) is 11.9. The van der Waals surface area contributed by atoms with E-state index < -0.39 is 16.4 Å². The van der Waals surface area contributed by atoms with E-state index in [4.69, 9.17) is 5.14 Å². The summed E-state index contributed by atoms with van der Waals surface area (Å²) in [6, 6.07) is 20.6. The van der Waals surface area contributed by atoms with Gasteiger partial charge < -0.3 is 4.74 Å². The Morgan fingerprint density at radius 2 is 1.44 bits per heavy atom. The zero-order chi connectivity index (χ0) is 24.5. The minimum atomic E-state index is -4.76. The Morgan fingerprint density at radius 3 is 2.12 bits per heavy atom. The van der Waals surface area contributed by atoms with Crippen molar-refractivity contribution in [1.82, 2.24) is 9.97 Å². The molecule has 34 heavy (non-hydrogen) atoms. The van der Waals surface area contributed by atoms with Crippen molar-refractivity contribution in [2.45, 2.75) is 18.2 Å². The van der Waals surface area contributed by atoms with E-state index in [9.17, 15) is 21.6 Å². The lowest BCUT2D eigenvalue weighted by Gasteiger charge is -2.11. The number of hydrogen-bond donors (Lipinski definition) is 1. The van der Waals surface area contributed by atoms with E-state index in [0.29, 0.717) is 33.9 Å². The second-order valence-corrected chi connectivity index (χ2v) is 9.00. The summed E-state index contributed by atoms with van der Waals surface area (Å²) in [5, 5.41) is 5.23. The molecule has 2 aromatic heterocycles. The van der Waals surface area contributed by atoms with Gasteiger partial charge in [-0.15, -0.1) is 13.2 Å². The van der Waals surface area contributed by atoms with Crippen LogP contribution in [0.4, 0.5) is 13.2 Å². The summed E-state index contributed by atoms with van der Waals surface area (Å²) in [6.45, 7) is 1.80. The van der Waals surface area contributed by atoms with E-state index in [1.807, 2.05) is 6.07 Å². The molecule has 0 spiro atoms. The van der Waals surface area contributed by atoms with Crippen LogP contribution in [-0.4, -0.2) is 24.7 Å². The third kappa shape index (κ3) is 5.59. The van der Waals surface area contributed by atoms with Crippen molar-refractivity contribution < 1.29 is 26.3 Å². The maximum Gasteiger partial charge on any atom is 0.573 e. The van der Waals surface area contributed by atoms with E-state index in [-0.39, 0.29) is 10.6 Å². The predicted octanol–water partition coefficient (Wildman–Crippen LogP) is 5.33. The molecule has 0 bridgehead atoms. The smallest absolute Gasteiger partial charge is 0.406 e. The molecule has 0 aliphatic heterocycles. The minimum Gasteiger partial charge on any atom is -0.406 e. The predicted molar refractivity (Wildman–Crippen MR) is 121 cm³/mol. The first-order valence-corrected chi connectivity index (χ1v) is 11.5. The summed E-state index contributed by atoms with van der Waals surface area (Å²) in [5.41, 5.74) is 4.30. The van der Waals surface area contributed by atoms with Crippen molar-refractivity contribution in [3.05, 3.63) is 84.6 Å². The number of rotatable bonds is 5. The highest BCUT2D eigenvalue weighted by Gasteiger charge is 2.31. The molecule has 0 aliphatic rings. The quantitative estimate of drug-likeness (QED) is 0.412. The van der Waals surface area contributed by atoms with E-state index >= 15 is 0 Å². The van der Waals surface area contributed by atoms with E-state index in [1.54, 1.807) is 43.3 Å². The molecule has 4 rings (SSSR count). The summed E-state index contributed by atoms with van der Waals surface area (Å²) >= 11 is 0. The average molecular weight is 485 g/mol. The number of nitrogens with zero attached hydrogens (tertiary/aromatic N) is 2. The van der Waals surface area contributed by atoms with Gasteiger partial charge in [0.25, 0.3) is 0 Å². The maximum atomic E-state index is 12.4. The number of alkyl halides is 3. The highest BCUT2D eigenvalue weighted by atomic mass is 32.2. The monoisotopic (exact) mass is 485 g/mol. The molecule has 6 nitrogen and oxygen atoms in total. The SMILES string of the molecule is Cc1cc(-c2ccc(OC(F)(F)F)cc2)cc(-c2cccc(-c3cccc(S(N)(=O)=O)c3)n2)n1. The van der Waals surface area contributed by atoms with Crippen molar-refractivity contribution in [2.24, 2.45) is 5.14 Å². The van der Waals surface area contributed by atoms with Gasteiger partial charge in [-0.3, -0.25) is 4.98 Å². The lowest BCUT2D eigenvalue weighted by atomic mass is 10.0. The van der Waals surface area contributed by atoms with Crippen molar-refractivity contribution >= 4 is 10.0 Å². The summed E-state index contributed by atoms with van der Waals surface area (Å²) < 4.78 is 64.6. The van der Waals surface area contributed by atoms with Crippen LogP contribution >= 0.6 is 0 Å². The summed E-state index contributed by atoms with van der Waals surface area (Å²) in [6.07, 6.45) is -4.76. The molecule has 0 fully saturated rings. The van der Waals surface area contributed by atoms with E-state index in [0.717, 1.165) is 5.56 Å². The van der Waals surface area contributed by atoms with Gasteiger partial charge >= 0.3 is 6.36 Å². The Morgan fingerprint density at radius 1 is 0.765 bits per heavy atom. The third-order valence-corrected chi connectivity index (χ3v) is 5.76. The van der Waals surface area contributed by atoms with Crippen LogP contribution in [0, 0.1) is 6.92 Å². The molecule has 0 saturated carbocycles. The van der Waals surface area contributed by atoms with Crippen LogP contribution in [0.25, 0.3) is 33.8 Å². The summed E-state index contributed by atoms with van der Waals surface area (Å²) in [4.78, 5) is 9.14. The number of benzene rings is 2. The van der Waals surface area contributed by atoms with Crippen LogP contribution in [0.3, 0.4) is 0 Å². The first kappa shape index (κ1) is 23.4. The fourth-order valence-corrected chi connectivity index (χ4v) is 3.95. The second-order valence-electron chi connectivity index (χ2n) is 7.44. The van der Waals surface area contributed by atoms with Gasteiger partial charge in [0, 0.05) is 11.3 Å². The second kappa shape index (κ2) is 8.88. The van der Waals surface area contributed by atoms with Crippen LogP contribution < -0.4 is 9.88 Å². The molecule has 0 saturated heterocycles. The number of halogens is 3. The van der Waals surface area contributed by atoms with Gasteiger partial charge in [0.15, 0.2) is 0 Å². The number of primary sulfonamides is 1. The molecule has 10 heteroatoms. The number of nitrogens with two attached hydrogens (primary N) is 1. The number of hydrogen-bond acceptors (Lipinski definition) is 5. The molecule has 4 aromatic rings. The molecule has 0 atom stereocenters. The number of ether oxygens (including phenoxy) is 1. The van der Waals surface area contributed by atoms with Crippen LogP contribution in [0.2, 0.25) is 0 Å². The number of aryl methyl sites for hydroxylation is 1. The number of aromatic nitrogens is 2. The molecular formula is C24H18F3N3O3S. The highest BCUT2D eigenvalue weighted by molar-refractivity contribution is 7.89. The standard InChI is InChI=1S/C24H18F3N3O3S/c1-15-12-18(16-8-10-19(11-9-16)33-24(25,26)27)14-23(29-15)22-7-3-6-21(30-22)17-4-2-5-20(13-17)34(28,31)32/h2-14H,1H3,(H2,28,31,32). The van der Waals surface area contributed by atoms with Gasteiger partial charge in [-0.1, -0.05) is 30.3 Å². The van der Waals surface area contributed by atoms with E-state index in [2.05, 4.69) is 14.7 Å². The fourth-order valence-electron chi connectivity index (χ4n) is 3.39. The Labute approximate surface area is 193 Å². The molecule has 2 aromatic carbocycles. The largest absolute Gasteiger partial charge is 0.573 e. The Balaban J connectivity index is 1.69. The zero-order valence-electron chi connectivity index (χ0n) is 17.7. The molecular weight excluding hydrogens is 467 g/mol. The summed E-state index contributed by atoms with van der Waals surface area (Å²) in [5.74, 6) is -0.307. The van der Waals surface area contributed by atoms with Crippen LogP contribution in [0.15, 0.2) is 83.8 Å². The minimum absolute atomic E-state index is 0.0221. The Hall–Kier alpha value is -3.76. The van der Waals surface area contributed by atoms with Gasteiger partial charge in [-0.2, -0.15) is 0 Å². The van der Waals surface area contributed by atoms with Crippen LogP contribution in [0.5, 0.6) is 5.75 Å². The zero-order valence-corrected chi connectivity index (χ0v) is 18.6. The highest BCUT2D eigenvalue weighted by Crippen LogP contribution is 2.30. The average Bonchev–Trinajstić information content (AvgIpc) is 2.78. The van der Waals surface area contributed by atoms with Crippen molar-refractivity contribution in [1.29, 1.82) is 0 Å². The molecule has 174 valence electrons. The number of sulfonamides is 1. The fraction of sp³-hybridized carbons (Fsp3) is 0.0833. The van der Waals surface area contributed by atoms with Gasteiger partial charge in [-0.25, -0.2) is 18.5 Å². The molecule has 0 unspecified atom stereocenters. The Bertz CT molecular complexity index is 1450. The third-order valence-electron chi connectivity index (χ3n) is 4.84. The molecule has 0 aliphatic carbocycles. The van der Waals surface area contributed by atoms with Gasteiger partial charge in [0.05, 0.1) is 22.0 Å². The number of pyridine rings is 2. The van der Waals surface area contributed by atoms with Crippen molar-refractivity contribution in [3.8, 4) is 39.5 Å². The van der Waals surface area contributed by atoms with Gasteiger partial charge in [0.1, 0.15) is 5.75 Å². The van der Waals surface area contributed by atoms with E-state index in [1.165, 1.54) is 36.4 Å². The molecule has 0 amide bonds. The van der Waals surface area contributed by atoms with Crippen LogP contribution in [-0.2, 0) is 10.0 Å². The van der Waals surface area contributed by atoms with Crippen LogP contribution in [0.1, 0.15) is 5.69 Å². The topological polar surface area (TPSA) is 95.2 Å². The first-order chi connectivity index (χ1) is 16.0. The lowest BCUT2D eigenvalue weighted by molar-refractivity contribution is -0.274. The molecule has 0 radical (unpaired) electrons. The lowest BCUT2D eigenvalue weighted by Crippen LogP contribution is -2.16.